The highest BCUT2D eigenvalue weighted by Crippen LogP contribution is 2.42. The van der Waals surface area contributed by atoms with Gasteiger partial charge in [-0.3, -0.25) is 14.5 Å². The summed E-state index contributed by atoms with van der Waals surface area (Å²) >= 11 is 4.00. The molecule has 1 fully saturated rings. The van der Waals surface area contributed by atoms with Gasteiger partial charge in [-0.1, -0.05) is 25.1 Å². The molecule has 0 aliphatic carbocycles. The van der Waals surface area contributed by atoms with Gasteiger partial charge in [-0.15, -0.1) is 28.2 Å². The zero-order chi connectivity index (χ0) is 32.5. The number of rotatable bonds is 16. The number of nitrogens with one attached hydrogen (secondary N) is 1. The van der Waals surface area contributed by atoms with Crippen molar-refractivity contribution in [1.82, 2.24) is 40.3 Å². The fourth-order valence-electron chi connectivity index (χ4n) is 4.45. The van der Waals surface area contributed by atoms with Crippen LogP contribution < -0.4 is 11.1 Å². The first kappa shape index (κ1) is 34.5. The van der Waals surface area contributed by atoms with Gasteiger partial charge in [0.15, 0.2) is 5.13 Å². The van der Waals surface area contributed by atoms with Crippen LogP contribution in [-0.4, -0.2) is 122 Å². The number of esters is 1. The highest BCUT2D eigenvalue weighted by Gasteiger charge is 2.54. The zero-order valence-corrected chi connectivity index (χ0v) is 27.9. The third-order valence-electron chi connectivity index (χ3n) is 6.63. The number of ether oxygens (including phenoxy) is 3. The van der Waals surface area contributed by atoms with Gasteiger partial charge in [0, 0.05) is 23.4 Å². The van der Waals surface area contributed by atoms with Crippen molar-refractivity contribution in [2.75, 3.05) is 51.1 Å². The summed E-state index contributed by atoms with van der Waals surface area (Å²) in [5.74, 6) is -0.839. The summed E-state index contributed by atoms with van der Waals surface area (Å²) in [6.07, 6.45) is 0.393. The predicted molar refractivity (Wildman–Crippen MR) is 167 cm³/mol. The fourth-order valence-corrected chi connectivity index (χ4v) is 7.40. The number of β-lactam (4-membered cyclic amide) rings is 1. The zero-order valence-electron chi connectivity index (χ0n) is 25.5. The Morgan fingerprint density at radius 3 is 2.76 bits per heavy atom. The lowest BCUT2D eigenvalue weighted by Gasteiger charge is -2.49. The van der Waals surface area contributed by atoms with E-state index >= 15 is 0 Å². The predicted octanol–water partition coefficient (Wildman–Crippen LogP) is 1.15. The van der Waals surface area contributed by atoms with Crippen molar-refractivity contribution in [2.24, 2.45) is 0 Å². The standard InChI is InChI=1S/C26H37N9O7S3/c1-5-6-15(2)42-26(39)41-10-9-40-23(38)20-16(13-45-25-30-31-32-34(25)8-7-33(3)4)12-43-22-19(21(37)35(20)22)29-18(36)11-17-14-44-24(27)28-17/h14-15,19,22H,5-13H2,1-4H3,(H2,27,28)(H,29,36)/t15?,19-,22-/m0/s1. The van der Waals surface area contributed by atoms with E-state index in [1.165, 1.54) is 39.8 Å². The number of hydrogen-bond donors (Lipinski definition) is 2. The van der Waals surface area contributed by atoms with E-state index in [0.29, 0.717) is 46.0 Å². The van der Waals surface area contributed by atoms with Crippen molar-refractivity contribution >= 4 is 63.9 Å². The summed E-state index contributed by atoms with van der Waals surface area (Å²) in [4.78, 5) is 58.8. The van der Waals surface area contributed by atoms with Gasteiger partial charge in [0.05, 0.1) is 18.7 Å². The Kier molecular flexibility index (Phi) is 12.4. The largest absolute Gasteiger partial charge is 0.508 e. The molecule has 2 aliphatic rings. The number of anilines is 1. The number of nitrogens with zero attached hydrogens (tertiary/aromatic N) is 7. The van der Waals surface area contributed by atoms with Crippen molar-refractivity contribution in [3.8, 4) is 0 Å². The molecule has 4 rings (SSSR count). The maximum atomic E-state index is 13.4. The smallest absolute Gasteiger partial charge is 0.457 e. The maximum absolute atomic E-state index is 13.4. The summed E-state index contributed by atoms with van der Waals surface area (Å²) in [6.45, 7) is 4.60. The molecule has 0 aromatic carbocycles. The number of amides is 2. The topological polar surface area (TPSA) is 197 Å². The molecule has 0 spiro atoms. The Hall–Kier alpha value is -3.42. The van der Waals surface area contributed by atoms with Crippen molar-refractivity contribution in [3.05, 3.63) is 22.3 Å². The lowest BCUT2D eigenvalue weighted by Crippen LogP contribution is -2.70. The molecule has 1 unspecified atom stereocenters. The van der Waals surface area contributed by atoms with Gasteiger partial charge in [-0.05, 0) is 43.4 Å². The quantitative estimate of drug-likeness (QED) is 0.111. The molecular formula is C26H37N9O7S3. The minimum atomic E-state index is -0.846. The van der Waals surface area contributed by atoms with Crippen LogP contribution in [0.5, 0.6) is 0 Å². The molecule has 16 nitrogen and oxygen atoms in total. The molecule has 3 atom stereocenters. The summed E-state index contributed by atoms with van der Waals surface area (Å²) in [6, 6.07) is -0.822. The van der Waals surface area contributed by atoms with Crippen LogP contribution in [-0.2, 0) is 41.6 Å². The second-order valence-corrected chi connectivity index (χ2v) is 13.4. The summed E-state index contributed by atoms with van der Waals surface area (Å²) in [5.41, 5.74) is 6.91. The molecule has 0 bridgehead atoms. The summed E-state index contributed by atoms with van der Waals surface area (Å²) < 4.78 is 17.3. The van der Waals surface area contributed by atoms with Crippen LogP contribution in [0.4, 0.5) is 9.93 Å². The second-order valence-electron chi connectivity index (χ2n) is 10.5. The first-order valence-corrected chi connectivity index (χ1v) is 17.2. The van der Waals surface area contributed by atoms with Gasteiger partial charge in [-0.25, -0.2) is 19.3 Å². The number of carbonyl (C=O) groups excluding carboxylic acids is 4. The second kappa shape index (κ2) is 16.2. The van der Waals surface area contributed by atoms with Gasteiger partial charge in [0.1, 0.15) is 36.4 Å². The Bertz CT molecular complexity index is 1400. The number of nitrogens with two attached hydrogens (primary N) is 1. The number of tetrazole rings is 1. The number of thiazole rings is 1. The maximum Gasteiger partial charge on any atom is 0.508 e. The third-order valence-corrected chi connectivity index (χ3v) is 9.74. The van der Waals surface area contributed by atoms with Gasteiger partial charge in [-0.2, -0.15) is 0 Å². The van der Waals surface area contributed by atoms with E-state index in [9.17, 15) is 19.2 Å². The molecule has 19 heteroatoms. The summed E-state index contributed by atoms with van der Waals surface area (Å²) in [5, 5.41) is 16.8. The monoisotopic (exact) mass is 683 g/mol. The molecule has 2 aromatic rings. The first-order valence-electron chi connectivity index (χ1n) is 14.3. The molecular weight excluding hydrogens is 647 g/mol. The van der Waals surface area contributed by atoms with Crippen molar-refractivity contribution in [3.63, 3.8) is 0 Å². The lowest BCUT2D eigenvalue weighted by atomic mass is 10.0. The fraction of sp³-hybridized carbons (Fsp3) is 0.615. The van der Waals surface area contributed by atoms with Crippen molar-refractivity contribution in [1.29, 1.82) is 0 Å². The average Bonchev–Trinajstić information content (AvgIpc) is 3.63. The van der Waals surface area contributed by atoms with Gasteiger partial charge >= 0.3 is 12.1 Å². The molecule has 2 amide bonds. The number of likely N-dealkylation sites (N-methyl/N-ethyl adjacent to an activating group) is 1. The number of thioether (sulfide) groups is 2. The molecule has 4 heterocycles. The molecule has 0 saturated carbocycles. The van der Waals surface area contributed by atoms with Crippen molar-refractivity contribution < 1.29 is 33.4 Å². The Morgan fingerprint density at radius 2 is 2.04 bits per heavy atom. The van der Waals surface area contributed by atoms with E-state index in [1.54, 1.807) is 17.0 Å². The molecule has 2 aromatic heterocycles. The van der Waals surface area contributed by atoms with E-state index in [0.717, 1.165) is 13.0 Å². The van der Waals surface area contributed by atoms with Crippen molar-refractivity contribution in [2.45, 2.75) is 62.3 Å². The number of aromatic nitrogens is 5. The third kappa shape index (κ3) is 9.30. The van der Waals surface area contributed by atoms with E-state index in [4.69, 9.17) is 19.9 Å². The van der Waals surface area contributed by atoms with Crippen LogP contribution in [0.2, 0.25) is 0 Å². The van der Waals surface area contributed by atoms with Gasteiger partial charge < -0.3 is 30.2 Å². The lowest BCUT2D eigenvalue weighted by molar-refractivity contribution is -0.153. The number of nitrogen functional groups attached to an aromatic ring is 1. The number of carbonyl (C=O) groups is 4. The van der Waals surface area contributed by atoms with Crippen LogP contribution in [0.3, 0.4) is 0 Å². The number of fused-ring (bicyclic) bond motifs is 1. The van der Waals surface area contributed by atoms with E-state index in [1.807, 2.05) is 25.9 Å². The van der Waals surface area contributed by atoms with E-state index < -0.39 is 29.4 Å². The minimum absolute atomic E-state index is 0.0241. The first-order chi connectivity index (χ1) is 21.6. The molecule has 246 valence electrons. The normalized spacial score (nSPS) is 18.3. The van der Waals surface area contributed by atoms with E-state index in [-0.39, 0.29) is 37.3 Å². The van der Waals surface area contributed by atoms with Gasteiger partial charge in [0.25, 0.3) is 5.91 Å². The average molecular weight is 684 g/mol. The number of hydrogen-bond acceptors (Lipinski definition) is 16. The SMILES string of the molecule is CCCC(C)OC(=O)OCCOC(=O)C1=C(CSc2nnnn2CCN(C)C)CS[C@H]2[C@@H](NC(=O)Cc3csc(N)n3)C(=O)N12. The van der Waals surface area contributed by atoms with Crippen LogP contribution >= 0.6 is 34.9 Å². The molecule has 1 saturated heterocycles. The highest BCUT2D eigenvalue weighted by atomic mass is 32.2. The molecule has 45 heavy (non-hydrogen) atoms. The Morgan fingerprint density at radius 1 is 1.27 bits per heavy atom. The molecule has 0 radical (unpaired) electrons. The van der Waals surface area contributed by atoms with Crippen LogP contribution in [0, 0.1) is 0 Å². The van der Waals surface area contributed by atoms with Crippen LogP contribution in [0.1, 0.15) is 32.4 Å². The van der Waals surface area contributed by atoms with E-state index in [2.05, 4.69) is 25.8 Å². The summed E-state index contributed by atoms with van der Waals surface area (Å²) in [7, 11) is 3.90. The minimum Gasteiger partial charge on any atom is -0.457 e. The Labute approximate surface area is 272 Å². The molecule has 3 N–H and O–H groups in total. The van der Waals surface area contributed by atoms with Crippen LogP contribution in [0.15, 0.2) is 21.8 Å². The van der Waals surface area contributed by atoms with Crippen LogP contribution in [0.25, 0.3) is 0 Å². The highest BCUT2D eigenvalue weighted by molar-refractivity contribution is 8.01. The van der Waals surface area contributed by atoms with Gasteiger partial charge in [0.2, 0.25) is 11.1 Å². The molecule has 2 aliphatic heterocycles. The Balaban J connectivity index is 1.42.